The lowest BCUT2D eigenvalue weighted by molar-refractivity contribution is 0.394. The van der Waals surface area contributed by atoms with Crippen molar-refractivity contribution in [3.8, 4) is 11.5 Å². The van der Waals surface area contributed by atoms with Crippen LogP contribution in [0.5, 0.6) is 11.5 Å². The molecule has 0 aliphatic rings. The van der Waals surface area contributed by atoms with E-state index in [1.165, 1.54) is 12.1 Å². The SMILES string of the molecule is COc1cc(OC)cc(N(c2cccc(F)c2)c2cccc(Br)c2)c1. The average molecular weight is 402 g/mol. The molecule has 3 aromatic carbocycles. The quantitative estimate of drug-likeness (QED) is 0.517. The zero-order chi connectivity index (χ0) is 17.8. The molecule has 0 fully saturated rings. The minimum Gasteiger partial charge on any atom is -0.497 e. The molecule has 0 aromatic heterocycles. The lowest BCUT2D eigenvalue weighted by Crippen LogP contribution is -2.10. The van der Waals surface area contributed by atoms with Crippen LogP contribution in [0.4, 0.5) is 21.5 Å². The highest BCUT2D eigenvalue weighted by atomic mass is 79.9. The fourth-order valence-electron chi connectivity index (χ4n) is 2.60. The van der Waals surface area contributed by atoms with Crippen LogP contribution in [0.15, 0.2) is 71.2 Å². The van der Waals surface area contributed by atoms with Gasteiger partial charge in [0, 0.05) is 34.0 Å². The van der Waals surface area contributed by atoms with E-state index in [9.17, 15) is 4.39 Å². The zero-order valence-electron chi connectivity index (χ0n) is 13.9. The molecule has 0 atom stereocenters. The predicted molar refractivity (Wildman–Crippen MR) is 102 cm³/mol. The minimum atomic E-state index is -0.299. The van der Waals surface area contributed by atoms with Crippen LogP contribution in [0.3, 0.4) is 0 Å². The van der Waals surface area contributed by atoms with Crippen molar-refractivity contribution in [1.82, 2.24) is 0 Å². The number of nitrogens with zero attached hydrogens (tertiary/aromatic N) is 1. The van der Waals surface area contributed by atoms with Gasteiger partial charge in [-0.25, -0.2) is 4.39 Å². The lowest BCUT2D eigenvalue weighted by atomic mass is 10.1. The molecule has 5 heteroatoms. The number of benzene rings is 3. The number of hydrogen-bond acceptors (Lipinski definition) is 3. The number of rotatable bonds is 5. The van der Waals surface area contributed by atoms with Gasteiger partial charge in [0.15, 0.2) is 0 Å². The van der Waals surface area contributed by atoms with Crippen molar-refractivity contribution in [2.45, 2.75) is 0 Å². The summed E-state index contributed by atoms with van der Waals surface area (Å²) in [6.07, 6.45) is 0. The van der Waals surface area contributed by atoms with Crippen LogP contribution in [0.25, 0.3) is 0 Å². The van der Waals surface area contributed by atoms with Crippen LogP contribution < -0.4 is 14.4 Å². The molecule has 0 bridgehead atoms. The molecule has 0 spiro atoms. The van der Waals surface area contributed by atoms with Gasteiger partial charge >= 0.3 is 0 Å². The van der Waals surface area contributed by atoms with Gasteiger partial charge in [0.05, 0.1) is 19.9 Å². The summed E-state index contributed by atoms with van der Waals surface area (Å²) in [4.78, 5) is 1.94. The first-order valence-corrected chi connectivity index (χ1v) is 8.44. The van der Waals surface area contributed by atoms with Crippen LogP contribution in [0.2, 0.25) is 0 Å². The first kappa shape index (κ1) is 17.3. The Kier molecular flexibility index (Phi) is 5.24. The van der Waals surface area contributed by atoms with Crippen molar-refractivity contribution < 1.29 is 13.9 Å². The van der Waals surface area contributed by atoms with Gasteiger partial charge < -0.3 is 14.4 Å². The van der Waals surface area contributed by atoms with E-state index in [1.807, 2.05) is 47.4 Å². The second-order valence-corrected chi connectivity index (χ2v) is 6.28. The topological polar surface area (TPSA) is 21.7 Å². The van der Waals surface area contributed by atoms with E-state index in [-0.39, 0.29) is 5.82 Å². The fraction of sp³-hybridized carbons (Fsp3) is 0.100. The normalized spacial score (nSPS) is 10.4. The molecule has 0 saturated carbocycles. The summed E-state index contributed by atoms with van der Waals surface area (Å²) in [5, 5.41) is 0. The largest absolute Gasteiger partial charge is 0.497 e. The minimum absolute atomic E-state index is 0.299. The standard InChI is InChI=1S/C20H17BrFNO2/c1-24-19-11-18(12-20(13-19)25-2)23(16-7-3-5-14(21)9-16)17-8-4-6-15(22)10-17/h3-13H,1-2H3. The Labute approximate surface area is 154 Å². The van der Waals surface area contributed by atoms with E-state index in [1.54, 1.807) is 26.4 Å². The van der Waals surface area contributed by atoms with Crippen molar-refractivity contribution in [3.63, 3.8) is 0 Å². The van der Waals surface area contributed by atoms with Crippen LogP contribution in [-0.2, 0) is 0 Å². The third kappa shape index (κ3) is 3.94. The molecule has 0 heterocycles. The van der Waals surface area contributed by atoms with E-state index in [2.05, 4.69) is 15.9 Å². The molecule has 25 heavy (non-hydrogen) atoms. The number of methoxy groups -OCH3 is 2. The van der Waals surface area contributed by atoms with Gasteiger partial charge in [-0.2, -0.15) is 0 Å². The Bertz CT molecular complexity index is 817. The predicted octanol–water partition coefficient (Wildman–Crippen LogP) is 6.08. The summed E-state index contributed by atoms with van der Waals surface area (Å²) in [6, 6.07) is 19.8. The Morgan fingerprint density at radius 1 is 0.760 bits per heavy atom. The number of halogens is 2. The summed E-state index contributed by atoms with van der Waals surface area (Å²) in [7, 11) is 3.20. The molecule has 3 rings (SSSR count). The maximum Gasteiger partial charge on any atom is 0.125 e. The Balaban J connectivity index is 2.21. The van der Waals surface area contributed by atoms with Gasteiger partial charge in [-0.3, -0.25) is 0 Å². The van der Waals surface area contributed by atoms with Crippen molar-refractivity contribution in [2.75, 3.05) is 19.1 Å². The second-order valence-electron chi connectivity index (χ2n) is 5.37. The molecule has 128 valence electrons. The number of hydrogen-bond donors (Lipinski definition) is 0. The number of ether oxygens (including phenoxy) is 2. The summed E-state index contributed by atoms with van der Waals surface area (Å²) in [5.74, 6) is 1.02. The molecule has 0 amide bonds. The molecule has 0 aliphatic heterocycles. The van der Waals surface area contributed by atoms with E-state index in [0.29, 0.717) is 17.2 Å². The highest BCUT2D eigenvalue weighted by molar-refractivity contribution is 9.10. The van der Waals surface area contributed by atoms with E-state index in [4.69, 9.17) is 9.47 Å². The Hall–Kier alpha value is -2.53. The van der Waals surface area contributed by atoms with Gasteiger partial charge in [-0.1, -0.05) is 28.1 Å². The third-order valence-corrected chi connectivity index (χ3v) is 4.22. The summed E-state index contributed by atoms with van der Waals surface area (Å²) >= 11 is 3.50. The third-order valence-electron chi connectivity index (χ3n) is 3.73. The molecule has 3 nitrogen and oxygen atoms in total. The molecular formula is C20H17BrFNO2. The van der Waals surface area contributed by atoms with Gasteiger partial charge in [-0.05, 0) is 36.4 Å². The van der Waals surface area contributed by atoms with E-state index >= 15 is 0 Å². The second kappa shape index (κ2) is 7.57. The van der Waals surface area contributed by atoms with Gasteiger partial charge in [-0.15, -0.1) is 0 Å². The lowest BCUT2D eigenvalue weighted by Gasteiger charge is -2.26. The molecule has 0 radical (unpaired) electrons. The summed E-state index contributed by atoms with van der Waals surface area (Å²) < 4.78 is 25.5. The monoisotopic (exact) mass is 401 g/mol. The molecular weight excluding hydrogens is 385 g/mol. The molecule has 0 aliphatic carbocycles. The van der Waals surface area contributed by atoms with Crippen LogP contribution in [0, 0.1) is 5.82 Å². The average Bonchev–Trinajstić information content (AvgIpc) is 2.62. The molecule has 0 N–H and O–H groups in total. The number of anilines is 3. The maximum absolute atomic E-state index is 13.8. The maximum atomic E-state index is 13.8. The van der Waals surface area contributed by atoms with Crippen molar-refractivity contribution in [1.29, 1.82) is 0 Å². The highest BCUT2D eigenvalue weighted by Crippen LogP contribution is 2.39. The molecule has 3 aromatic rings. The van der Waals surface area contributed by atoms with Crippen LogP contribution in [0.1, 0.15) is 0 Å². The summed E-state index contributed by atoms with van der Waals surface area (Å²) in [6.45, 7) is 0. The highest BCUT2D eigenvalue weighted by Gasteiger charge is 2.15. The first-order chi connectivity index (χ1) is 12.1. The van der Waals surface area contributed by atoms with Crippen molar-refractivity contribution >= 4 is 33.0 Å². The summed E-state index contributed by atoms with van der Waals surface area (Å²) in [5.41, 5.74) is 2.39. The zero-order valence-corrected chi connectivity index (χ0v) is 15.5. The van der Waals surface area contributed by atoms with Gasteiger partial charge in [0.1, 0.15) is 17.3 Å². The Morgan fingerprint density at radius 3 is 1.92 bits per heavy atom. The van der Waals surface area contributed by atoms with Gasteiger partial charge in [0.2, 0.25) is 0 Å². The van der Waals surface area contributed by atoms with E-state index in [0.717, 1.165) is 15.8 Å². The van der Waals surface area contributed by atoms with Crippen molar-refractivity contribution in [3.05, 3.63) is 77.0 Å². The molecule has 0 saturated heterocycles. The van der Waals surface area contributed by atoms with Gasteiger partial charge in [0.25, 0.3) is 0 Å². The fourth-order valence-corrected chi connectivity index (χ4v) is 2.99. The first-order valence-electron chi connectivity index (χ1n) is 7.65. The smallest absolute Gasteiger partial charge is 0.125 e. The Morgan fingerprint density at radius 2 is 1.36 bits per heavy atom. The van der Waals surface area contributed by atoms with E-state index < -0.39 is 0 Å². The van der Waals surface area contributed by atoms with Crippen LogP contribution >= 0.6 is 15.9 Å². The van der Waals surface area contributed by atoms with Crippen LogP contribution in [-0.4, -0.2) is 14.2 Å². The van der Waals surface area contributed by atoms with Crippen molar-refractivity contribution in [2.24, 2.45) is 0 Å². The molecule has 0 unspecified atom stereocenters.